The van der Waals surface area contributed by atoms with Crippen molar-refractivity contribution in [1.82, 2.24) is 15.3 Å². The van der Waals surface area contributed by atoms with Gasteiger partial charge < -0.3 is 10.3 Å². The first kappa shape index (κ1) is 12.6. The molecule has 2 aromatic rings. The molecular formula is C13H17N3O2S. The molecule has 2 N–H and O–H groups in total. The monoisotopic (exact) mass is 279 g/mol. The first-order chi connectivity index (χ1) is 9.02. The number of aromatic amines is 1. The molecule has 1 aromatic carbocycles. The summed E-state index contributed by atoms with van der Waals surface area (Å²) in [5, 5.41) is 3.26. The summed E-state index contributed by atoms with van der Waals surface area (Å²) in [6.07, 6.45) is 0.696. The van der Waals surface area contributed by atoms with Gasteiger partial charge in [0.2, 0.25) is 0 Å². The third-order valence-electron chi connectivity index (χ3n) is 3.48. The van der Waals surface area contributed by atoms with Crippen LogP contribution >= 0.6 is 0 Å². The van der Waals surface area contributed by atoms with Crippen molar-refractivity contribution in [2.45, 2.75) is 25.9 Å². The van der Waals surface area contributed by atoms with E-state index in [9.17, 15) is 8.42 Å². The maximum Gasteiger partial charge on any atom is 0.151 e. The minimum Gasteiger partial charge on any atom is -0.341 e. The molecule has 1 aliphatic rings. The number of benzene rings is 1. The molecule has 19 heavy (non-hydrogen) atoms. The lowest BCUT2D eigenvalue weighted by atomic mass is 10.2. The quantitative estimate of drug-likeness (QED) is 0.884. The van der Waals surface area contributed by atoms with Crippen LogP contribution in [0, 0.1) is 6.92 Å². The molecule has 2 heterocycles. The molecule has 1 saturated heterocycles. The van der Waals surface area contributed by atoms with Gasteiger partial charge in [-0.15, -0.1) is 0 Å². The van der Waals surface area contributed by atoms with Crippen LogP contribution in [0.15, 0.2) is 18.2 Å². The molecular weight excluding hydrogens is 262 g/mol. The summed E-state index contributed by atoms with van der Waals surface area (Å²) >= 11 is 0. The summed E-state index contributed by atoms with van der Waals surface area (Å²) in [6, 6.07) is 6.14. The van der Waals surface area contributed by atoms with Crippen LogP contribution in [0.2, 0.25) is 0 Å². The Morgan fingerprint density at radius 1 is 1.47 bits per heavy atom. The number of sulfone groups is 1. The zero-order valence-corrected chi connectivity index (χ0v) is 11.6. The smallest absolute Gasteiger partial charge is 0.151 e. The third kappa shape index (κ3) is 2.79. The Morgan fingerprint density at radius 2 is 2.32 bits per heavy atom. The predicted molar refractivity (Wildman–Crippen MR) is 74.7 cm³/mol. The molecule has 0 saturated carbocycles. The Bertz CT molecular complexity index is 706. The van der Waals surface area contributed by atoms with Crippen molar-refractivity contribution >= 4 is 20.9 Å². The van der Waals surface area contributed by atoms with Gasteiger partial charge in [0.05, 0.1) is 29.1 Å². The molecule has 1 aromatic heterocycles. The van der Waals surface area contributed by atoms with Gasteiger partial charge in [-0.3, -0.25) is 0 Å². The highest BCUT2D eigenvalue weighted by molar-refractivity contribution is 7.91. The molecule has 102 valence electrons. The second-order valence-corrected chi connectivity index (χ2v) is 7.41. The number of nitrogens with zero attached hydrogens (tertiary/aromatic N) is 1. The van der Waals surface area contributed by atoms with Crippen molar-refractivity contribution in [3.05, 3.63) is 29.6 Å². The van der Waals surface area contributed by atoms with Crippen LogP contribution in [0.3, 0.4) is 0 Å². The number of aryl methyl sites for hydroxylation is 1. The maximum absolute atomic E-state index is 11.4. The number of aromatic nitrogens is 2. The van der Waals surface area contributed by atoms with Gasteiger partial charge in [0.1, 0.15) is 5.82 Å². The van der Waals surface area contributed by atoms with E-state index in [1.807, 2.05) is 19.1 Å². The topological polar surface area (TPSA) is 74.8 Å². The van der Waals surface area contributed by atoms with Crippen LogP contribution in [0.5, 0.6) is 0 Å². The average molecular weight is 279 g/mol. The van der Waals surface area contributed by atoms with Gasteiger partial charge >= 0.3 is 0 Å². The van der Waals surface area contributed by atoms with Gasteiger partial charge in [0.25, 0.3) is 0 Å². The molecule has 0 aliphatic carbocycles. The highest BCUT2D eigenvalue weighted by Crippen LogP contribution is 2.15. The molecule has 1 fully saturated rings. The van der Waals surface area contributed by atoms with E-state index in [1.54, 1.807) is 0 Å². The molecule has 1 atom stereocenters. The van der Waals surface area contributed by atoms with Crippen molar-refractivity contribution in [3.63, 3.8) is 0 Å². The van der Waals surface area contributed by atoms with E-state index in [0.717, 1.165) is 16.9 Å². The minimum absolute atomic E-state index is 0.0555. The summed E-state index contributed by atoms with van der Waals surface area (Å²) < 4.78 is 22.7. The van der Waals surface area contributed by atoms with E-state index in [4.69, 9.17) is 0 Å². The highest BCUT2D eigenvalue weighted by atomic mass is 32.2. The Labute approximate surface area is 112 Å². The van der Waals surface area contributed by atoms with E-state index >= 15 is 0 Å². The lowest BCUT2D eigenvalue weighted by Crippen LogP contribution is -2.29. The first-order valence-corrected chi connectivity index (χ1v) is 8.23. The summed E-state index contributed by atoms with van der Waals surface area (Å²) in [6.45, 7) is 2.62. The van der Waals surface area contributed by atoms with Crippen LogP contribution < -0.4 is 5.32 Å². The highest BCUT2D eigenvalue weighted by Gasteiger charge is 2.27. The lowest BCUT2D eigenvalue weighted by Gasteiger charge is -2.08. The number of fused-ring (bicyclic) bond motifs is 1. The van der Waals surface area contributed by atoms with Crippen LogP contribution in [0.25, 0.3) is 11.0 Å². The van der Waals surface area contributed by atoms with Crippen molar-refractivity contribution in [2.75, 3.05) is 11.5 Å². The van der Waals surface area contributed by atoms with E-state index in [2.05, 4.69) is 21.4 Å². The summed E-state index contributed by atoms with van der Waals surface area (Å²) in [4.78, 5) is 7.74. The molecule has 6 heteroatoms. The standard InChI is InChI=1S/C13H17N3O2S/c1-9-2-3-11-12(6-9)16-13(15-11)7-14-10-4-5-19(17,18)8-10/h2-3,6,10,14H,4-5,7-8H2,1H3,(H,15,16). The van der Waals surface area contributed by atoms with Crippen LogP contribution in [-0.2, 0) is 16.4 Å². The third-order valence-corrected chi connectivity index (χ3v) is 5.24. The normalized spacial score (nSPS) is 22.1. The number of nitrogens with one attached hydrogen (secondary N) is 2. The van der Waals surface area contributed by atoms with Gasteiger partial charge in [0.15, 0.2) is 9.84 Å². The summed E-state index contributed by atoms with van der Waals surface area (Å²) in [5.41, 5.74) is 3.16. The molecule has 3 rings (SSSR count). The van der Waals surface area contributed by atoms with E-state index in [1.165, 1.54) is 5.56 Å². The number of hydrogen-bond donors (Lipinski definition) is 2. The Morgan fingerprint density at radius 3 is 3.05 bits per heavy atom. The molecule has 1 aliphatic heterocycles. The predicted octanol–water partition coefficient (Wildman–Crippen LogP) is 1.15. The minimum atomic E-state index is -2.82. The zero-order valence-electron chi connectivity index (χ0n) is 10.8. The number of hydrogen-bond acceptors (Lipinski definition) is 4. The Kier molecular flexibility index (Phi) is 3.06. The van der Waals surface area contributed by atoms with Crippen LogP contribution in [-0.4, -0.2) is 35.9 Å². The van der Waals surface area contributed by atoms with Gasteiger partial charge in [-0.25, -0.2) is 13.4 Å². The Balaban J connectivity index is 1.69. The second-order valence-electron chi connectivity index (χ2n) is 5.18. The maximum atomic E-state index is 11.4. The number of rotatable bonds is 3. The molecule has 0 amide bonds. The second kappa shape index (κ2) is 4.61. The SMILES string of the molecule is Cc1ccc2nc(CNC3CCS(=O)(=O)C3)[nH]c2c1. The molecule has 0 bridgehead atoms. The molecule has 1 unspecified atom stereocenters. The zero-order chi connectivity index (χ0) is 13.5. The van der Waals surface area contributed by atoms with Crippen molar-refractivity contribution in [3.8, 4) is 0 Å². The summed E-state index contributed by atoms with van der Waals surface area (Å²) in [5.74, 6) is 1.39. The molecule has 5 nitrogen and oxygen atoms in total. The van der Waals surface area contributed by atoms with E-state index in [0.29, 0.717) is 18.7 Å². The van der Waals surface area contributed by atoms with Gasteiger partial charge in [-0.1, -0.05) is 6.07 Å². The van der Waals surface area contributed by atoms with Crippen LogP contribution in [0.1, 0.15) is 17.8 Å². The largest absolute Gasteiger partial charge is 0.341 e. The van der Waals surface area contributed by atoms with Crippen LogP contribution in [0.4, 0.5) is 0 Å². The van der Waals surface area contributed by atoms with Gasteiger partial charge in [0, 0.05) is 6.04 Å². The van der Waals surface area contributed by atoms with Gasteiger partial charge in [-0.2, -0.15) is 0 Å². The van der Waals surface area contributed by atoms with E-state index in [-0.39, 0.29) is 11.8 Å². The van der Waals surface area contributed by atoms with E-state index < -0.39 is 9.84 Å². The number of H-pyrrole nitrogens is 1. The lowest BCUT2D eigenvalue weighted by molar-refractivity contribution is 0.544. The summed E-state index contributed by atoms with van der Waals surface area (Å²) in [7, 11) is -2.82. The first-order valence-electron chi connectivity index (χ1n) is 6.41. The average Bonchev–Trinajstić information content (AvgIpc) is 2.89. The molecule has 0 radical (unpaired) electrons. The number of imidazole rings is 1. The fourth-order valence-electron chi connectivity index (χ4n) is 2.46. The Hall–Kier alpha value is -1.40. The fraction of sp³-hybridized carbons (Fsp3) is 0.462. The van der Waals surface area contributed by atoms with Gasteiger partial charge in [-0.05, 0) is 31.0 Å². The van der Waals surface area contributed by atoms with Crippen molar-refractivity contribution in [2.24, 2.45) is 0 Å². The fourth-order valence-corrected chi connectivity index (χ4v) is 4.16. The van der Waals surface area contributed by atoms with Crippen molar-refractivity contribution < 1.29 is 8.42 Å². The van der Waals surface area contributed by atoms with Crippen molar-refractivity contribution in [1.29, 1.82) is 0 Å². The molecule has 0 spiro atoms.